The van der Waals surface area contributed by atoms with E-state index in [1.165, 1.54) is 0 Å². The molecule has 0 radical (unpaired) electrons. The van der Waals surface area contributed by atoms with E-state index >= 15 is 0 Å². The molecule has 5 nitrogen and oxygen atoms in total. The number of para-hydroxylation sites is 1. The van der Waals surface area contributed by atoms with Crippen molar-refractivity contribution in [1.29, 1.82) is 0 Å². The Morgan fingerprint density at radius 1 is 1.30 bits per heavy atom. The molecule has 0 bridgehead atoms. The standard InChI is InChI=1S/C15H19N3O2/c1-12(19)18-9-14(20)17(13-5-3-2-4-6-13)11-15(18)7-8-16-10-15/h2-6,16H,7-11H2,1H3/t15-/m1/s1. The van der Waals surface area contributed by atoms with E-state index in [0.717, 1.165) is 25.2 Å². The summed E-state index contributed by atoms with van der Waals surface area (Å²) >= 11 is 0. The molecule has 0 unspecified atom stereocenters. The Morgan fingerprint density at radius 3 is 2.65 bits per heavy atom. The first-order chi connectivity index (χ1) is 9.62. The number of hydrogen-bond acceptors (Lipinski definition) is 3. The average molecular weight is 273 g/mol. The quantitative estimate of drug-likeness (QED) is 0.816. The molecular weight excluding hydrogens is 254 g/mol. The maximum atomic E-state index is 12.4. The summed E-state index contributed by atoms with van der Waals surface area (Å²) in [7, 11) is 0. The summed E-state index contributed by atoms with van der Waals surface area (Å²) in [6.45, 7) is 3.93. The maximum absolute atomic E-state index is 12.4. The van der Waals surface area contributed by atoms with Crippen LogP contribution in [-0.4, -0.2) is 48.4 Å². The second-order valence-corrected chi connectivity index (χ2v) is 5.57. The smallest absolute Gasteiger partial charge is 0.246 e. The van der Waals surface area contributed by atoms with E-state index < -0.39 is 0 Å². The number of amides is 2. The largest absolute Gasteiger partial charge is 0.325 e. The lowest BCUT2D eigenvalue weighted by Gasteiger charge is -2.47. The van der Waals surface area contributed by atoms with Crippen LogP contribution in [0, 0.1) is 0 Å². The Morgan fingerprint density at radius 2 is 2.05 bits per heavy atom. The van der Waals surface area contributed by atoms with Crippen LogP contribution in [0.1, 0.15) is 13.3 Å². The maximum Gasteiger partial charge on any atom is 0.246 e. The van der Waals surface area contributed by atoms with E-state index in [2.05, 4.69) is 5.32 Å². The van der Waals surface area contributed by atoms with Gasteiger partial charge in [-0.1, -0.05) is 18.2 Å². The van der Waals surface area contributed by atoms with Crippen molar-refractivity contribution in [3.8, 4) is 0 Å². The molecule has 2 fully saturated rings. The summed E-state index contributed by atoms with van der Waals surface area (Å²) in [5.74, 6) is -0.0290. The SMILES string of the molecule is CC(=O)N1CC(=O)N(c2ccccc2)C[C@]12CCNC2. The third-order valence-electron chi connectivity index (χ3n) is 4.29. The highest BCUT2D eigenvalue weighted by Crippen LogP contribution is 2.31. The van der Waals surface area contributed by atoms with Crippen LogP contribution in [0.4, 0.5) is 5.69 Å². The Balaban J connectivity index is 1.93. The van der Waals surface area contributed by atoms with Gasteiger partial charge in [0.05, 0.1) is 12.1 Å². The fourth-order valence-corrected chi connectivity index (χ4v) is 3.24. The fraction of sp³-hybridized carbons (Fsp3) is 0.467. The number of piperazine rings is 1. The zero-order valence-corrected chi connectivity index (χ0v) is 11.6. The van der Waals surface area contributed by atoms with E-state index in [4.69, 9.17) is 0 Å². The van der Waals surface area contributed by atoms with Crippen LogP contribution in [0.5, 0.6) is 0 Å². The van der Waals surface area contributed by atoms with E-state index in [0.29, 0.717) is 6.54 Å². The Hall–Kier alpha value is -1.88. The van der Waals surface area contributed by atoms with Gasteiger partial charge in [0, 0.05) is 19.2 Å². The van der Waals surface area contributed by atoms with Crippen molar-refractivity contribution in [2.24, 2.45) is 0 Å². The monoisotopic (exact) mass is 273 g/mol. The number of nitrogens with zero attached hydrogens (tertiary/aromatic N) is 2. The topological polar surface area (TPSA) is 52.7 Å². The molecular formula is C15H19N3O2. The van der Waals surface area contributed by atoms with Gasteiger partial charge in [0.25, 0.3) is 0 Å². The van der Waals surface area contributed by atoms with Gasteiger partial charge in [-0.05, 0) is 25.1 Å². The normalized spacial score (nSPS) is 26.4. The van der Waals surface area contributed by atoms with Gasteiger partial charge >= 0.3 is 0 Å². The van der Waals surface area contributed by atoms with Crippen LogP contribution in [-0.2, 0) is 9.59 Å². The molecule has 0 aliphatic carbocycles. The zero-order chi connectivity index (χ0) is 14.2. The molecule has 3 rings (SSSR count). The molecule has 2 amide bonds. The molecule has 1 spiro atoms. The van der Waals surface area contributed by atoms with Crippen molar-refractivity contribution in [3.05, 3.63) is 30.3 Å². The first-order valence-electron chi connectivity index (χ1n) is 6.97. The number of carbonyl (C=O) groups excluding carboxylic acids is 2. The molecule has 2 aliphatic heterocycles. The van der Waals surface area contributed by atoms with E-state index in [9.17, 15) is 9.59 Å². The summed E-state index contributed by atoms with van der Waals surface area (Å²) in [5, 5.41) is 3.32. The van der Waals surface area contributed by atoms with Gasteiger partial charge in [-0.3, -0.25) is 9.59 Å². The molecule has 1 aromatic rings. The molecule has 0 saturated carbocycles. The van der Waals surface area contributed by atoms with Crippen LogP contribution >= 0.6 is 0 Å². The lowest BCUT2D eigenvalue weighted by atomic mass is 9.92. The number of benzene rings is 1. The Kier molecular flexibility index (Phi) is 3.22. The Bertz CT molecular complexity index is 523. The lowest BCUT2D eigenvalue weighted by molar-refractivity contribution is -0.142. The Labute approximate surface area is 118 Å². The van der Waals surface area contributed by atoms with E-state index in [1.807, 2.05) is 35.2 Å². The predicted molar refractivity (Wildman–Crippen MR) is 76.4 cm³/mol. The molecule has 106 valence electrons. The van der Waals surface area contributed by atoms with Gasteiger partial charge < -0.3 is 15.1 Å². The van der Waals surface area contributed by atoms with Crippen molar-refractivity contribution in [1.82, 2.24) is 10.2 Å². The van der Waals surface area contributed by atoms with Crippen molar-refractivity contribution in [2.45, 2.75) is 18.9 Å². The molecule has 20 heavy (non-hydrogen) atoms. The van der Waals surface area contributed by atoms with Gasteiger partial charge in [0.15, 0.2) is 0 Å². The van der Waals surface area contributed by atoms with Gasteiger partial charge in [0.1, 0.15) is 6.54 Å². The third-order valence-corrected chi connectivity index (χ3v) is 4.29. The van der Waals surface area contributed by atoms with Gasteiger partial charge in [-0.15, -0.1) is 0 Å². The predicted octanol–water partition coefficient (Wildman–Crippen LogP) is 0.614. The minimum Gasteiger partial charge on any atom is -0.325 e. The highest BCUT2D eigenvalue weighted by atomic mass is 16.2. The van der Waals surface area contributed by atoms with Gasteiger partial charge in [-0.2, -0.15) is 0 Å². The molecule has 2 saturated heterocycles. The molecule has 2 heterocycles. The van der Waals surface area contributed by atoms with Crippen LogP contribution in [0.15, 0.2) is 30.3 Å². The third kappa shape index (κ3) is 2.08. The first kappa shape index (κ1) is 13.1. The van der Waals surface area contributed by atoms with Gasteiger partial charge in [0.2, 0.25) is 11.8 Å². The van der Waals surface area contributed by atoms with Crippen molar-refractivity contribution >= 4 is 17.5 Å². The fourth-order valence-electron chi connectivity index (χ4n) is 3.24. The van der Waals surface area contributed by atoms with Crippen molar-refractivity contribution in [3.63, 3.8) is 0 Å². The minimum absolute atomic E-state index is 0.0103. The molecule has 1 N–H and O–H groups in total. The van der Waals surface area contributed by atoms with Gasteiger partial charge in [-0.25, -0.2) is 0 Å². The number of nitrogens with one attached hydrogen (secondary N) is 1. The van der Waals surface area contributed by atoms with Crippen LogP contribution < -0.4 is 10.2 Å². The van der Waals surface area contributed by atoms with Crippen LogP contribution in [0.3, 0.4) is 0 Å². The second kappa shape index (κ2) is 4.90. The summed E-state index contributed by atoms with van der Waals surface area (Å²) in [6, 6.07) is 9.68. The highest BCUT2D eigenvalue weighted by molar-refractivity contribution is 5.98. The van der Waals surface area contributed by atoms with Crippen molar-refractivity contribution in [2.75, 3.05) is 31.1 Å². The minimum atomic E-state index is -0.254. The summed E-state index contributed by atoms with van der Waals surface area (Å²) in [5.41, 5.74) is 0.655. The second-order valence-electron chi connectivity index (χ2n) is 5.57. The van der Waals surface area contributed by atoms with Crippen LogP contribution in [0.2, 0.25) is 0 Å². The highest BCUT2D eigenvalue weighted by Gasteiger charge is 2.48. The lowest BCUT2D eigenvalue weighted by Crippen LogP contribution is -2.66. The summed E-state index contributed by atoms with van der Waals surface area (Å²) < 4.78 is 0. The molecule has 1 atom stereocenters. The number of carbonyl (C=O) groups is 2. The molecule has 1 aromatic carbocycles. The molecule has 2 aliphatic rings. The molecule has 0 aromatic heterocycles. The average Bonchev–Trinajstić information content (AvgIpc) is 2.91. The summed E-state index contributed by atoms with van der Waals surface area (Å²) in [4.78, 5) is 27.8. The van der Waals surface area contributed by atoms with Crippen molar-refractivity contribution < 1.29 is 9.59 Å². The summed E-state index contributed by atoms with van der Waals surface area (Å²) in [6.07, 6.45) is 0.892. The first-order valence-corrected chi connectivity index (χ1v) is 6.97. The number of hydrogen-bond donors (Lipinski definition) is 1. The van der Waals surface area contributed by atoms with Crippen LogP contribution in [0.25, 0.3) is 0 Å². The van der Waals surface area contributed by atoms with E-state index in [-0.39, 0.29) is 23.9 Å². The number of rotatable bonds is 1. The molecule has 5 heteroatoms. The van der Waals surface area contributed by atoms with E-state index in [1.54, 1.807) is 11.8 Å². The zero-order valence-electron chi connectivity index (χ0n) is 11.6. The number of anilines is 1.